The van der Waals surface area contributed by atoms with Crippen molar-refractivity contribution in [3.63, 3.8) is 0 Å². The quantitative estimate of drug-likeness (QED) is 0.372. The van der Waals surface area contributed by atoms with E-state index < -0.39 is 41.7 Å². The first-order chi connectivity index (χ1) is 10.5. The molecule has 4 atom stereocenters. The molecule has 0 aliphatic carbocycles. The average Bonchev–Trinajstić information content (AvgIpc) is 2.77. The van der Waals surface area contributed by atoms with E-state index in [4.69, 9.17) is 15.0 Å². The van der Waals surface area contributed by atoms with Crippen LogP contribution >= 0.6 is 0 Å². The third-order valence-corrected chi connectivity index (χ3v) is 3.33. The number of ether oxygens (including phenoxy) is 2. The van der Waals surface area contributed by atoms with Gasteiger partial charge in [0.25, 0.3) is 5.56 Å². The van der Waals surface area contributed by atoms with E-state index >= 15 is 0 Å². The van der Waals surface area contributed by atoms with Crippen molar-refractivity contribution < 1.29 is 14.3 Å². The Morgan fingerprint density at radius 1 is 1.59 bits per heavy atom. The van der Waals surface area contributed by atoms with E-state index in [0.717, 1.165) is 10.6 Å². The van der Waals surface area contributed by atoms with Gasteiger partial charge in [-0.05, 0) is 12.0 Å². The van der Waals surface area contributed by atoms with Crippen LogP contribution in [0.15, 0.2) is 27.0 Å². The van der Waals surface area contributed by atoms with Crippen molar-refractivity contribution >= 4 is 5.97 Å². The molecule has 22 heavy (non-hydrogen) atoms. The minimum absolute atomic E-state index is 0.496. The maximum absolute atomic E-state index is 11.9. The Hall–Kier alpha value is -2.58. The van der Waals surface area contributed by atoms with E-state index in [1.165, 1.54) is 13.1 Å². The van der Waals surface area contributed by atoms with Crippen LogP contribution in [0.3, 0.4) is 0 Å². The molecule has 0 aromatic carbocycles. The van der Waals surface area contributed by atoms with Gasteiger partial charge in [0.2, 0.25) is 0 Å². The fourth-order valence-corrected chi connectivity index (χ4v) is 2.43. The Labute approximate surface area is 124 Å². The third-order valence-electron chi connectivity index (χ3n) is 3.33. The second kappa shape index (κ2) is 6.46. The Morgan fingerprint density at radius 3 is 2.86 bits per heavy atom. The van der Waals surface area contributed by atoms with Crippen LogP contribution in [0, 0.1) is 0 Å². The van der Waals surface area contributed by atoms with E-state index in [2.05, 4.69) is 15.0 Å². The minimum atomic E-state index is -0.978. The number of H-pyrrole nitrogens is 1. The molecular weight excluding hydrogens is 294 g/mol. The van der Waals surface area contributed by atoms with E-state index in [0.29, 0.717) is 6.42 Å². The Bertz CT molecular complexity index is 719. The Balaban J connectivity index is 2.47. The number of nitrogens with zero attached hydrogens (tertiary/aromatic N) is 4. The number of hydrogen-bond acceptors (Lipinski definition) is 6. The summed E-state index contributed by atoms with van der Waals surface area (Å²) < 4.78 is 12.0. The van der Waals surface area contributed by atoms with Crippen molar-refractivity contribution in [2.24, 2.45) is 5.11 Å². The smallest absolute Gasteiger partial charge is 0.330 e. The summed E-state index contributed by atoms with van der Waals surface area (Å²) >= 11 is 0. The standard InChI is InChI=1S/C12H15N5O5/c1-3-7-9(15-16-13)10(21-6(2)18)11(22-7)17-5-4-8(19)14-12(17)20/h4-5,7,9-11H,3H2,1-2H3,(H,14,19,20). The van der Waals surface area contributed by atoms with Crippen molar-refractivity contribution in [3.8, 4) is 0 Å². The molecule has 118 valence electrons. The Morgan fingerprint density at radius 2 is 2.32 bits per heavy atom. The molecule has 0 bridgehead atoms. The van der Waals surface area contributed by atoms with Crippen LogP contribution in [0.2, 0.25) is 0 Å². The number of carbonyl (C=O) groups excluding carboxylic acids is 1. The molecule has 1 aromatic rings. The van der Waals surface area contributed by atoms with Crippen LogP contribution < -0.4 is 11.2 Å². The average molecular weight is 309 g/mol. The lowest BCUT2D eigenvalue weighted by atomic mass is 10.1. The number of hydrogen-bond donors (Lipinski definition) is 1. The molecule has 2 rings (SSSR count). The second-order valence-electron chi connectivity index (χ2n) is 4.76. The van der Waals surface area contributed by atoms with Gasteiger partial charge in [0.15, 0.2) is 12.3 Å². The molecule has 1 aromatic heterocycles. The van der Waals surface area contributed by atoms with Gasteiger partial charge in [-0.1, -0.05) is 12.0 Å². The number of esters is 1. The summed E-state index contributed by atoms with van der Waals surface area (Å²) in [6.45, 7) is 3.02. The lowest BCUT2D eigenvalue weighted by Gasteiger charge is -2.21. The first kappa shape index (κ1) is 15.8. The molecule has 0 amide bonds. The second-order valence-corrected chi connectivity index (χ2v) is 4.76. The normalized spacial score (nSPS) is 27.2. The summed E-state index contributed by atoms with van der Waals surface area (Å²) in [5.41, 5.74) is 7.43. The van der Waals surface area contributed by atoms with Gasteiger partial charge in [0.05, 0.1) is 6.10 Å². The highest BCUT2D eigenvalue weighted by atomic mass is 16.6. The van der Waals surface area contributed by atoms with Gasteiger partial charge in [-0.25, -0.2) is 4.79 Å². The zero-order valence-electron chi connectivity index (χ0n) is 12.0. The van der Waals surface area contributed by atoms with Gasteiger partial charge < -0.3 is 9.47 Å². The Kier molecular flexibility index (Phi) is 4.64. The van der Waals surface area contributed by atoms with E-state index in [1.807, 2.05) is 6.92 Å². The lowest BCUT2D eigenvalue weighted by Crippen LogP contribution is -2.39. The maximum Gasteiger partial charge on any atom is 0.330 e. The highest BCUT2D eigenvalue weighted by Crippen LogP contribution is 2.34. The molecule has 1 aliphatic heterocycles. The number of carbonyl (C=O) groups is 1. The fraction of sp³-hybridized carbons (Fsp3) is 0.583. The minimum Gasteiger partial charge on any atom is -0.457 e. The molecule has 10 nitrogen and oxygen atoms in total. The number of aromatic amines is 1. The van der Waals surface area contributed by atoms with Crippen molar-refractivity contribution in [3.05, 3.63) is 43.5 Å². The highest BCUT2D eigenvalue weighted by Gasteiger charge is 2.46. The topological polar surface area (TPSA) is 139 Å². The largest absolute Gasteiger partial charge is 0.457 e. The molecule has 1 N–H and O–H groups in total. The van der Waals surface area contributed by atoms with Crippen molar-refractivity contribution in [1.29, 1.82) is 0 Å². The predicted octanol–water partition coefficient (Wildman–Crippen LogP) is 0.455. The number of aromatic nitrogens is 2. The molecule has 1 aliphatic rings. The lowest BCUT2D eigenvalue weighted by molar-refractivity contribution is -0.152. The molecule has 10 heteroatoms. The van der Waals surface area contributed by atoms with Crippen molar-refractivity contribution in [2.45, 2.75) is 44.7 Å². The van der Waals surface area contributed by atoms with Crippen LogP contribution in [-0.4, -0.2) is 33.8 Å². The summed E-state index contributed by atoms with van der Waals surface area (Å²) in [6.07, 6.45) is -0.705. The monoisotopic (exact) mass is 309 g/mol. The molecule has 0 radical (unpaired) electrons. The maximum atomic E-state index is 11.9. The third kappa shape index (κ3) is 3.02. The summed E-state index contributed by atoms with van der Waals surface area (Å²) in [5, 5.41) is 3.62. The number of nitrogens with one attached hydrogen (secondary N) is 1. The van der Waals surface area contributed by atoms with Crippen LogP contribution in [0.25, 0.3) is 10.4 Å². The number of azide groups is 1. The molecule has 4 unspecified atom stereocenters. The predicted molar refractivity (Wildman–Crippen MR) is 74.0 cm³/mol. The van der Waals surface area contributed by atoms with Crippen LogP contribution in [-0.2, 0) is 14.3 Å². The number of rotatable bonds is 4. The van der Waals surface area contributed by atoms with Gasteiger partial charge in [-0.3, -0.25) is 19.1 Å². The zero-order valence-corrected chi connectivity index (χ0v) is 12.0. The SMILES string of the molecule is CCC1OC(n2ccc(=O)[nH]c2=O)C(OC(C)=O)C1N=[N+]=[N-]. The molecule has 0 saturated carbocycles. The first-order valence-corrected chi connectivity index (χ1v) is 6.66. The summed E-state index contributed by atoms with van der Waals surface area (Å²) in [6, 6.07) is 0.389. The van der Waals surface area contributed by atoms with E-state index in [9.17, 15) is 14.4 Å². The van der Waals surface area contributed by atoms with Crippen LogP contribution in [0.1, 0.15) is 26.5 Å². The molecular formula is C12H15N5O5. The molecule has 2 heterocycles. The van der Waals surface area contributed by atoms with E-state index in [1.54, 1.807) is 0 Å². The van der Waals surface area contributed by atoms with Crippen LogP contribution in [0.4, 0.5) is 0 Å². The summed E-state index contributed by atoms with van der Waals surface area (Å²) in [4.78, 5) is 39.2. The van der Waals surface area contributed by atoms with Gasteiger partial charge in [-0.2, -0.15) is 0 Å². The van der Waals surface area contributed by atoms with Gasteiger partial charge >= 0.3 is 11.7 Å². The molecule has 1 saturated heterocycles. The zero-order chi connectivity index (χ0) is 16.3. The van der Waals surface area contributed by atoms with Gasteiger partial charge in [0.1, 0.15) is 6.04 Å². The molecule has 1 fully saturated rings. The fourth-order valence-electron chi connectivity index (χ4n) is 2.43. The summed E-state index contributed by atoms with van der Waals surface area (Å²) in [5.74, 6) is -0.592. The first-order valence-electron chi connectivity index (χ1n) is 6.66. The van der Waals surface area contributed by atoms with Gasteiger partial charge in [-0.15, -0.1) is 0 Å². The van der Waals surface area contributed by atoms with Crippen molar-refractivity contribution in [2.75, 3.05) is 0 Å². The van der Waals surface area contributed by atoms with Crippen LogP contribution in [0.5, 0.6) is 0 Å². The summed E-state index contributed by atoms with van der Waals surface area (Å²) in [7, 11) is 0. The van der Waals surface area contributed by atoms with Gasteiger partial charge in [0, 0.05) is 24.1 Å². The highest BCUT2D eigenvalue weighted by molar-refractivity contribution is 5.66. The van der Waals surface area contributed by atoms with E-state index in [-0.39, 0.29) is 0 Å². The molecule has 0 spiro atoms. The van der Waals surface area contributed by atoms with Crippen molar-refractivity contribution in [1.82, 2.24) is 9.55 Å².